The van der Waals surface area contributed by atoms with Gasteiger partial charge in [0.2, 0.25) is 5.91 Å². The van der Waals surface area contributed by atoms with Crippen LogP contribution in [0.3, 0.4) is 0 Å². The zero-order valence-electron chi connectivity index (χ0n) is 13.5. The standard InChI is InChI=1S/C15H33N3O/c1-6-11-18(13-12-17(4)5)14(19)7-8-15(2,3)9-10-16/h6-13,16H2,1-5H3. The summed E-state index contributed by atoms with van der Waals surface area (Å²) in [6, 6.07) is 0. The molecule has 0 radical (unpaired) electrons. The van der Waals surface area contributed by atoms with Crippen molar-refractivity contribution in [3.05, 3.63) is 0 Å². The van der Waals surface area contributed by atoms with Crippen LogP contribution in [0, 0.1) is 5.41 Å². The first kappa shape index (κ1) is 18.4. The van der Waals surface area contributed by atoms with Crippen LogP contribution in [0.15, 0.2) is 0 Å². The number of hydrogen-bond donors (Lipinski definition) is 1. The average Bonchev–Trinajstić information content (AvgIpc) is 2.31. The number of amides is 1. The summed E-state index contributed by atoms with van der Waals surface area (Å²) >= 11 is 0. The Hall–Kier alpha value is -0.610. The molecule has 0 saturated heterocycles. The third-order valence-corrected chi connectivity index (χ3v) is 3.50. The van der Waals surface area contributed by atoms with Crippen LogP contribution in [-0.4, -0.2) is 56.0 Å². The molecule has 0 aromatic rings. The minimum absolute atomic E-state index is 0.170. The van der Waals surface area contributed by atoms with Crippen molar-refractivity contribution in [1.82, 2.24) is 9.80 Å². The second kappa shape index (κ2) is 9.32. The third-order valence-electron chi connectivity index (χ3n) is 3.50. The maximum absolute atomic E-state index is 12.3. The van der Waals surface area contributed by atoms with Crippen LogP contribution in [0.2, 0.25) is 0 Å². The number of carbonyl (C=O) groups is 1. The zero-order valence-corrected chi connectivity index (χ0v) is 13.5. The minimum atomic E-state index is 0.170. The molecule has 114 valence electrons. The third kappa shape index (κ3) is 9.00. The molecule has 0 saturated carbocycles. The fourth-order valence-corrected chi connectivity index (χ4v) is 2.07. The first-order valence-corrected chi connectivity index (χ1v) is 7.45. The Morgan fingerprint density at radius 1 is 1.11 bits per heavy atom. The van der Waals surface area contributed by atoms with Crippen LogP contribution < -0.4 is 5.73 Å². The lowest BCUT2D eigenvalue weighted by Gasteiger charge is -2.27. The molecule has 19 heavy (non-hydrogen) atoms. The molecule has 0 fully saturated rings. The van der Waals surface area contributed by atoms with Gasteiger partial charge in [-0.3, -0.25) is 4.79 Å². The molecule has 0 aromatic carbocycles. The summed E-state index contributed by atoms with van der Waals surface area (Å²) in [7, 11) is 4.08. The van der Waals surface area contributed by atoms with E-state index in [-0.39, 0.29) is 11.3 Å². The molecule has 0 heterocycles. The van der Waals surface area contributed by atoms with Gasteiger partial charge in [0.25, 0.3) is 0 Å². The highest BCUT2D eigenvalue weighted by molar-refractivity contribution is 5.76. The van der Waals surface area contributed by atoms with Crippen LogP contribution in [-0.2, 0) is 4.79 Å². The summed E-state index contributed by atoms with van der Waals surface area (Å²) in [5.74, 6) is 0.286. The number of carbonyl (C=O) groups excluding carboxylic acids is 1. The predicted octanol–water partition coefficient (Wildman–Crippen LogP) is 1.94. The summed E-state index contributed by atoms with van der Waals surface area (Å²) in [6.07, 6.45) is 3.56. The van der Waals surface area contributed by atoms with Crippen molar-refractivity contribution in [2.45, 2.75) is 46.5 Å². The molecule has 0 aliphatic rings. The van der Waals surface area contributed by atoms with Crippen molar-refractivity contribution in [3.63, 3.8) is 0 Å². The summed E-state index contributed by atoms with van der Waals surface area (Å²) in [5, 5.41) is 0. The van der Waals surface area contributed by atoms with Crippen LogP contribution >= 0.6 is 0 Å². The van der Waals surface area contributed by atoms with E-state index in [1.54, 1.807) is 0 Å². The van der Waals surface area contributed by atoms with E-state index in [0.717, 1.165) is 38.9 Å². The number of nitrogens with zero attached hydrogens (tertiary/aromatic N) is 2. The Kier molecular flexibility index (Phi) is 9.02. The van der Waals surface area contributed by atoms with Gasteiger partial charge in [-0.1, -0.05) is 20.8 Å². The van der Waals surface area contributed by atoms with Crippen LogP contribution in [0.25, 0.3) is 0 Å². The molecule has 0 bridgehead atoms. The highest BCUT2D eigenvalue weighted by atomic mass is 16.2. The molecular weight excluding hydrogens is 238 g/mol. The highest BCUT2D eigenvalue weighted by Crippen LogP contribution is 2.26. The number of nitrogens with two attached hydrogens (primary N) is 1. The van der Waals surface area contributed by atoms with E-state index in [4.69, 9.17) is 5.73 Å². The SMILES string of the molecule is CCCN(CCN(C)C)C(=O)CCC(C)(C)CCN. The van der Waals surface area contributed by atoms with E-state index in [0.29, 0.717) is 13.0 Å². The Balaban J connectivity index is 4.24. The van der Waals surface area contributed by atoms with Gasteiger partial charge in [0.15, 0.2) is 0 Å². The summed E-state index contributed by atoms with van der Waals surface area (Å²) in [5.41, 5.74) is 5.78. The monoisotopic (exact) mass is 271 g/mol. The molecule has 2 N–H and O–H groups in total. The van der Waals surface area contributed by atoms with Crippen LogP contribution in [0.5, 0.6) is 0 Å². The molecule has 0 aromatic heterocycles. The Morgan fingerprint density at radius 2 is 1.74 bits per heavy atom. The van der Waals surface area contributed by atoms with Gasteiger partial charge in [-0.05, 0) is 45.3 Å². The zero-order chi connectivity index (χ0) is 14.9. The van der Waals surface area contributed by atoms with E-state index in [1.165, 1.54) is 0 Å². The van der Waals surface area contributed by atoms with Gasteiger partial charge >= 0.3 is 0 Å². The Labute approximate surface area is 119 Å². The molecular formula is C15H33N3O. The topological polar surface area (TPSA) is 49.6 Å². The molecule has 0 aliphatic carbocycles. The van der Waals surface area contributed by atoms with Gasteiger partial charge < -0.3 is 15.5 Å². The second-order valence-corrected chi connectivity index (χ2v) is 6.39. The molecule has 4 heteroatoms. The smallest absolute Gasteiger partial charge is 0.222 e. The van der Waals surface area contributed by atoms with Gasteiger partial charge in [0, 0.05) is 26.1 Å². The number of hydrogen-bond acceptors (Lipinski definition) is 3. The van der Waals surface area contributed by atoms with Crippen molar-refractivity contribution < 1.29 is 4.79 Å². The van der Waals surface area contributed by atoms with Crippen molar-refractivity contribution in [2.24, 2.45) is 11.1 Å². The summed E-state index contributed by atoms with van der Waals surface area (Å²) in [4.78, 5) is 16.4. The predicted molar refractivity (Wildman–Crippen MR) is 82.1 cm³/mol. The van der Waals surface area contributed by atoms with E-state index in [1.807, 2.05) is 19.0 Å². The maximum Gasteiger partial charge on any atom is 0.222 e. The quantitative estimate of drug-likeness (QED) is 0.660. The molecule has 0 rings (SSSR count). The molecule has 0 spiro atoms. The molecule has 0 aliphatic heterocycles. The fourth-order valence-electron chi connectivity index (χ4n) is 2.07. The van der Waals surface area contributed by atoms with E-state index in [2.05, 4.69) is 25.7 Å². The van der Waals surface area contributed by atoms with Crippen molar-refractivity contribution in [2.75, 3.05) is 40.3 Å². The van der Waals surface area contributed by atoms with E-state index >= 15 is 0 Å². The Bertz CT molecular complexity index is 252. The lowest BCUT2D eigenvalue weighted by Crippen LogP contribution is -2.37. The number of rotatable bonds is 10. The summed E-state index contributed by atoms with van der Waals surface area (Å²) in [6.45, 7) is 9.82. The molecule has 1 amide bonds. The first-order valence-electron chi connectivity index (χ1n) is 7.45. The lowest BCUT2D eigenvalue weighted by molar-refractivity contribution is -0.132. The van der Waals surface area contributed by atoms with Gasteiger partial charge in [0.05, 0.1) is 0 Å². The van der Waals surface area contributed by atoms with Gasteiger partial charge in [-0.25, -0.2) is 0 Å². The molecule has 4 nitrogen and oxygen atoms in total. The number of likely N-dealkylation sites (N-methyl/N-ethyl adjacent to an activating group) is 1. The van der Waals surface area contributed by atoms with Crippen molar-refractivity contribution in [1.29, 1.82) is 0 Å². The van der Waals surface area contributed by atoms with E-state index in [9.17, 15) is 4.79 Å². The fraction of sp³-hybridized carbons (Fsp3) is 0.933. The normalized spacial score (nSPS) is 11.9. The Morgan fingerprint density at radius 3 is 2.21 bits per heavy atom. The van der Waals surface area contributed by atoms with Gasteiger partial charge in [0.1, 0.15) is 0 Å². The highest BCUT2D eigenvalue weighted by Gasteiger charge is 2.20. The van der Waals surface area contributed by atoms with Gasteiger partial charge in [-0.2, -0.15) is 0 Å². The van der Waals surface area contributed by atoms with E-state index < -0.39 is 0 Å². The van der Waals surface area contributed by atoms with Crippen LogP contribution in [0.1, 0.15) is 46.5 Å². The van der Waals surface area contributed by atoms with Crippen molar-refractivity contribution >= 4 is 5.91 Å². The molecule has 0 unspecified atom stereocenters. The van der Waals surface area contributed by atoms with Crippen LogP contribution in [0.4, 0.5) is 0 Å². The molecule has 0 atom stereocenters. The average molecular weight is 271 g/mol. The minimum Gasteiger partial charge on any atom is -0.341 e. The largest absolute Gasteiger partial charge is 0.341 e. The lowest BCUT2D eigenvalue weighted by atomic mass is 9.84. The van der Waals surface area contributed by atoms with Crippen molar-refractivity contribution in [3.8, 4) is 0 Å². The maximum atomic E-state index is 12.3. The second-order valence-electron chi connectivity index (χ2n) is 6.39. The summed E-state index contributed by atoms with van der Waals surface area (Å²) < 4.78 is 0. The van der Waals surface area contributed by atoms with Gasteiger partial charge in [-0.15, -0.1) is 0 Å². The first-order chi connectivity index (χ1) is 8.82.